The van der Waals surface area contributed by atoms with Crippen LogP contribution in [-0.4, -0.2) is 10.9 Å². The van der Waals surface area contributed by atoms with E-state index >= 15 is 0 Å². The van der Waals surface area contributed by atoms with Gasteiger partial charge in [0.1, 0.15) is 0 Å². The number of carbonyl (C=O) groups is 1. The van der Waals surface area contributed by atoms with E-state index in [0.29, 0.717) is 11.4 Å². The number of carbonyl (C=O) groups excluding carboxylic acids is 1. The first kappa shape index (κ1) is 11.6. The first-order valence-corrected chi connectivity index (χ1v) is 6.84. The summed E-state index contributed by atoms with van der Waals surface area (Å²) in [6.45, 7) is 0.340. The largest absolute Gasteiger partial charge is 0.346 e. The Morgan fingerprint density at radius 1 is 1.50 bits per heavy atom. The number of aromatic amines is 1. The molecular formula is C9H7BrN2O2S2. The van der Waals surface area contributed by atoms with Gasteiger partial charge in [-0.2, -0.15) is 0 Å². The van der Waals surface area contributed by atoms with E-state index in [2.05, 4.69) is 26.2 Å². The van der Waals surface area contributed by atoms with E-state index in [1.807, 2.05) is 6.07 Å². The van der Waals surface area contributed by atoms with Crippen molar-refractivity contribution >= 4 is 44.5 Å². The molecule has 0 atom stereocenters. The van der Waals surface area contributed by atoms with Crippen LogP contribution in [0.1, 0.15) is 15.4 Å². The number of hydrogen-bond donors (Lipinski definition) is 2. The van der Waals surface area contributed by atoms with E-state index in [-0.39, 0.29) is 10.8 Å². The molecule has 0 aliphatic heterocycles. The fraction of sp³-hybridized carbons (Fsp3) is 0.111. The summed E-state index contributed by atoms with van der Waals surface area (Å²) in [5.74, 6) is -0.136. The molecule has 0 radical (unpaired) electrons. The summed E-state index contributed by atoms with van der Waals surface area (Å²) in [5, 5.41) is 4.43. The van der Waals surface area contributed by atoms with Crippen molar-refractivity contribution in [1.82, 2.24) is 10.3 Å². The van der Waals surface area contributed by atoms with Crippen LogP contribution in [0, 0.1) is 0 Å². The SMILES string of the molecule is O=C(NCc1csc(=O)[nH]1)c1ccc(Br)s1. The zero-order valence-corrected chi connectivity index (χ0v) is 11.2. The smallest absolute Gasteiger partial charge is 0.304 e. The Bertz CT molecular complexity index is 558. The summed E-state index contributed by atoms with van der Waals surface area (Å²) in [6.07, 6.45) is 0. The molecule has 2 aromatic rings. The third-order valence-corrected chi connectivity index (χ3v) is 4.15. The number of aromatic nitrogens is 1. The van der Waals surface area contributed by atoms with E-state index in [9.17, 15) is 9.59 Å². The van der Waals surface area contributed by atoms with Gasteiger partial charge < -0.3 is 10.3 Å². The van der Waals surface area contributed by atoms with Crippen LogP contribution in [-0.2, 0) is 6.54 Å². The summed E-state index contributed by atoms with van der Waals surface area (Å²) < 4.78 is 0.918. The molecule has 0 aromatic carbocycles. The lowest BCUT2D eigenvalue weighted by Crippen LogP contribution is -2.22. The second-order valence-electron chi connectivity index (χ2n) is 2.96. The van der Waals surface area contributed by atoms with Crippen LogP contribution in [0.5, 0.6) is 0 Å². The van der Waals surface area contributed by atoms with E-state index in [0.717, 1.165) is 20.8 Å². The fourth-order valence-corrected chi connectivity index (χ4v) is 2.98. The minimum absolute atomic E-state index is 0.108. The molecule has 84 valence electrons. The molecule has 1 amide bonds. The van der Waals surface area contributed by atoms with Gasteiger partial charge in [0.05, 0.1) is 15.2 Å². The highest BCUT2D eigenvalue weighted by molar-refractivity contribution is 9.11. The first-order chi connectivity index (χ1) is 7.65. The monoisotopic (exact) mass is 318 g/mol. The molecule has 0 saturated heterocycles. The first-order valence-electron chi connectivity index (χ1n) is 4.35. The number of thiophene rings is 1. The average Bonchev–Trinajstić information content (AvgIpc) is 2.84. The molecule has 4 nitrogen and oxygen atoms in total. The summed E-state index contributed by atoms with van der Waals surface area (Å²) >= 11 is 5.75. The van der Waals surface area contributed by atoms with Gasteiger partial charge in [-0.3, -0.25) is 9.59 Å². The maximum Gasteiger partial charge on any atom is 0.304 e. The molecule has 0 saturated carbocycles. The standard InChI is InChI=1S/C9H7BrN2O2S2/c10-7-2-1-6(16-7)8(13)11-3-5-4-15-9(14)12-5/h1-2,4H,3H2,(H,11,13)(H,12,14). The van der Waals surface area contributed by atoms with Crippen LogP contribution in [0.3, 0.4) is 0 Å². The van der Waals surface area contributed by atoms with Gasteiger partial charge in [-0.1, -0.05) is 11.3 Å². The fourth-order valence-electron chi connectivity index (χ4n) is 1.10. The van der Waals surface area contributed by atoms with E-state index in [4.69, 9.17) is 0 Å². The molecule has 2 rings (SSSR count). The predicted molar refractivity (Wildman–Crippen MR) is 68.1 cm³/mol. The van der Waals surface area contributed by atoms with Crippen molar-refractivity contribution in [3.05, 3.63) is 41.5 Å². The van der Waals surface area contributed by atoms with E-state index < -0.39 is 0 Å². The summed E-state index contributed by atoms with van der Waals surface area (Å²) in [7, 11) is 0. The van der Waals surface area contributed by atoms with Crippen LogP contribution in [0.2, 0.25) is 0 Å². The van der Waals surface area contributed by atoms with Crippen LogP contribution >= 0.6 is 38.6 Å². The van der Waals surface area contributed by atoms with Gasteiger partial charge in [0.25, 0.3) is 5.91 Å². The van der Waals surface area contributed by atoms with Crippen LogP contribution in [0.25, 0.3) is 0 Å². The molecule has 0 aliphatic carbocycles. The molecule has 0 fully saturated rings. The average molecular weight is 319 g/mol. The normalized spacial score (nSPS) is 10.3. The van der Waals surface area contributed by atoms with Crippen molar-refractivity contribution in [1.29, 1.82) is 0 Å². The number of nitrogens with one attached hydrogen (secondary N) is 2. The second kappa shape index (κ2) is 4.94. The topological polar surface area (TPSA) is 62.0 Å². The second-order valence-corrected chi connectivity index (χ2v) is 6.27. The zero-order valence-electron chi connectivity index (χ0n) is 7.95. The molecule has 0 unspecified atom stereocenters. The van der Waals surface area contributed by atoms with Crippen molar-refractivity contribution in [2.75, 3.05) is 0 Å². The van der Waals surface area contributed by atoms with Gasteiger partial charge in [-0.15, -0.1) is 11.3 Å². The number of H-pyrrole nitrogens is 1. The Morgan fingerprint density at radius 3 is 2.88 bits per heavy atom. The van der Waals surface area contributed by atoms with Gasteiger partial charge in [0.15, 0.2) is 0 Å². The molecule has 0 aliphatic rings. The van der Waals surface area contributed by atoms with E-state index in [1.165, 1.54) is 11.3 Å². The number of thiazole rings is 1. The highest BCUT2D eigenvalue weighted by Gasteiger charge is 2.08. The minimum atomic E-state index is -0.136. The van der Waals surface area contributed by atoms with Gasteiger partial charge >= 0.3 is 4.87 Å². The van der Waals surface area contributed by atoms with Crippen molar-refractivity contribution in [3.8, 4) is 0 Å². The maximum atomic E-state index is 11.6. The Morgan fingerprint density at radius 2 is 2.31 bits per heavy atom. The van der Waals surface area contributed by atoms with Crippen LogP contribution in [0.4, 0.5) is 0 Å². The number of amides is 1. The third-order valence-electron chi connectivity index (χ3n) is 1.81. The number of halogens is 1. The minimum Gasteiger partial charge on any atom is -0.346 e. The molecule has 2 N–H and O–H groups in total. The van der Waals surface area contributed by atoms with E-state index in [1.54, 1.807) is 11.4 Å². The third kappa shape index (κ3) is 2.81. The molecule has 7 heteroatoms. The lowest BCUT2D eigenvalue weighted by molar-refractivity contribution is 0.0954. The van der Waals surface area contributed by atoms with Crippen molar-refractivity contribution in [2.24, 2.45) is 0 Å². The predicted octanol–water partition coefficient (Wildman–Crippen LogP) is 2.19. The highest BCUT2D eigenvalue weighted by atomic mass is 79.9. The molecule has 2 heterocycles. The Kier molecular flexibility index (Phi) is 3.57. The summed E-state index contributed by atoms with van der Waals surface area (Å²) in [5.41, 5.74) is 0.721. The van der Waals surface area contributed by atoms with Crippen LogP contribution in [0.15, 0.2) is 26.1 Å². The molecule has 2 aromatic heterocycles. The lowest BCUT2D eigenvalue weighted by atomic mass is 10.4. The molecule has 0 bridgehead atoms. The number of rotatable bonds is 3. The Balaban J connectivity index is 1.96. The van der Waals surface area contributed by atoms with Gasteiger partial charge in [-0.05, 0) is 28.1 Å². The van der Waals surface area contributed by atoms with Crippen molar-refractivity contribution in [2.45, 2.75) is 6.54 Å². The van der Waals surface area contributed by atoms with Gasteiger partial charge in [-0.25, -0.2) is 0 Å². The van der Waals surface area contributed by atoms with Crippen molar-refractivity contribution in [3.63, 3.8) is 0 Å². The molecule has 16 heavy (non-hydrogen) atoms. The summed E-state index contributed by atoms with van der Waals surface area (Å²) in [6, 6.07) is 3.58. The zero-order chi connectivity index (χ0) is 11.5. The Hall–Kier alpha value is -0.920. The van der Waals surface area contributed by atoms with Crippen LogP contribution < -0.4 is 10.2 Å². The summed E-state index contributed by atoms with van der Waals surface area (Å²) in [4.78, 5) is 25.6. The maximum absolute atomic E-state index is 11.6. The quantitative estimate of drug-likeness (QED) is 0.911. The van der Waals surface area contributed by atoms with Gasteiger partial charge in [0.2, 0.25) is 0 Å². The molecular weight excluding hydrogens is 312 g/mol. The lowest BCUT2D eigenvalue weighted by Gasteiger charge is -2.00. The Labute approximate surface area is 107 Å². The number of hydrogen-bond acceptors (Lipinski definition) is 4. The molecule has 0 spiro atoms. The van der Waals surface area contributed by atoms with Gasteiger partial charge in [0, 0.05) is 11.1 Å². The highest BCUT2D eigenvalue weighted by Crippen LogP contribution is 2.21. The van der Waals surface area contributed by atoms with Crippen molar-refractivity contribution < 1.29 is 4.79 Å².